The first-order valence-corrected chi connectivity index (χ1v) is 7.56. The highest BCUT2D eigenvalue weighted by atomic mass is 16.5. The fourth-order valence-electron chi connectivity index (χ4n) is 2.69. The highest BCUT2D eigenvalue weighted by Gasteiger charge is 2.15. The van der Waals surface area contributed by atoms with E-state index in [-0.39, 0.29) is 11.8 Å². The molecule has 1 aliphatic rings. The summed E-state index contributed by atoms with van der Waals surface area (Å²) >= 11 is 0. The van der Waals surface area contributed by atoms with Gasteiger partial charge in [-0.2, -0.15) is 0 Å². The van der Waals surface area contributed by atoms with E-state index >= 15 is 0 Å². The van der Waals surface area contributed by atoms with Crippen molar-refractivity contribution < 1.29 is 14.3 Å². The third-order valence-electron chi connectivity index (χ3n) is 3.91. The van der Waals surface area contributed by atoms with Crippen molar-refractivity contribution >= 4 is 11.8 Å². The van der Waals surface area contributed by atoms with E-state index in [1.807, 2.05) is 12.1 Å². The number of Topliss-reactive ketones (excluding diaryl/α,β-unsaturated/α-hetero) is 1. The molecule has 21 heavy (non-hydrogen) atoms. The first-order chi connectivity index (χ1) is 10.2. The van der Waals surface area contributed by atoms with Crippen molar-refractivity contribution in [1.29, 1.82) is 0 Å². The van der Waals surface area contributed by atoms with Gasteiger partial charge < -0.3 is 4.74 Å². The molecule has 3 heteroatoms. The smallest absolute Gasteiger partial charge is 0.305 e. The third kappa shape index (κ3) is 4.55. The topological polar surface area (TPSA) is 43.4 Å². The second-order valence-corrected chi connectivity index (χ2v) is 5.42. The fourth-order valence-corrected chi connectivity index (χ4v) is 2.69. The minimum atomic E-state index is -0.169. The average Bonchev–Trinajstić information content (AvgIpc) is 2.51. The molecule has 0 saturated heterocycles. The van der Waals surface area contributed by atoms with E-state index in [4.69, 9.17) is 0 Å². The Morgan fingerprint density at radius 2 is 2.00 bits per heavy atom. The van der Waals surface area contributed by atoms with Gasteiger partial charge in [-0.15, -0.1) is 0 Å². The molecular weight excluding hydrogens is 264 g/mol. The summed E-state index contributed by atoms with van der Waals surface area (Å²) < 4.78 is 4.66. The zero-order chi connectivity index (χ0) is 15.1. The third-order valence-corrected chi connectivity index (χ3v) is 3.91. The Labute approximate surface area is 126 Å². The van der Waals surface area contributed by atoms with Gasteiger partial charge in [0.15, 0.2) is 5.78 Å². The van der Waals surface area contributed by atoms with Crippen molar-refractivity contribution in [2.75, 3.05) is 7.11 Å². The van der Waals surface area contributed by atoms with Gasteiger partial charge >= 0.3 is 5.97 Å². The van der Waals surface area contributed by atoms with E-state index < -0.39 is 0 Å². The molecule has 1 aromatic carbocycles. The second-order valence-electron chi connectivity index (χ2n) is 5.42. The van der Waals surface area contributed by atoms with Crippen LogP contribution in [-0.2, 0) is 27.2 Å². The molecule has 0 aliphatic heterocycles. The summed E-state index contributed by atoms with van der Waals surface area (Å²) in [5, 5.41) is 0. The molecule has 0 saturated carbocycles. The van der Waals surface area contributed by atoms with Gasteiger partial charge in [0.25, 0.3) is 0 Å². The number of rotatable bonds is 6. The van der Waals surface area contributed by atoms with Gasteiger partial charge in [0, 0.05) is 19.3 Å². The lowest BCUT2D eigenvalue weighted by Gasteiger charge is -2.14. The number of aryl methyl sites for hydroxylation is 1. The molecule has 0 spiro atoms. The van der Waals surface area contributed by atoms with Gasteiger partial charge in [0.05, 0.1) is 7.11 Å². The quantitative estimate of drug-likeness (QED) is 0.753. The van der Waals surface area contributed by atoms with E-state index in [0.717, 1.165) is 31.3 Å². The van der Waals surface area contributed by atoms with Crippen molar-refractivity contribution in [2.45, 2.75) is 44.9 Å². The van der Waals surface area contributed by atoms with Crippen LogP contribution < -0.4 is 0 Å². The molecule has 0 amide bonds. The monoisotopic (exact) mass is 286 g/mol. The Morgan fingerprint density at radius 1 is 1.24 bits per heavy atom. The number of carbonyl (C=O) groups is 2. The fraction of sp³-hybridized carbons (Fsp3) is 0.444. The van der Waals surface area contributed by atoms with Gasteiger partial charge in [-0.3, -0.25) is 9.59 Å². The molecule has 0 N–H and O–H groups in total. The van der Waals surface area contributed by atoms with Crippen LogP contribution in [0.5, 0.6) is 0 Å². The van der Waals surface area contributed by atoms with E-state index in [1.165, 1.54) is 18.2 Å². The Kier molecular flexibility index (Phi) is 5.73. The predicted octanol–water partition coefficient (Wildman–Crippen LogP) is 3.40. The molecule has 112 valence electrons. The SMILES string of the molecule is COC(=O)CCCc1ccccc1CC1=CCCCC1=O. The molecule has 1 aromatic rings. The number of ether oxygens (including phenoxy) is 1. The second kappa shape index (κ2) is 7.77. The van der Waals surface area contributed by atoms with Gasteiger partial charge in [-0.1, -0.05) is 30.3 Å². The molecule has 0 heterocycles. The lowest BCUT2D eigenvalue weighted by Crippen LogP contribution is -2.10. The normalized spacial score (nSPS) is 14.7. The summed E-state index contributed by atoms with van der Waals surface area (Å²) in [7, 11) is 1.41. The van der Waals surface area contributed by atoms with Gasteiger partial charge in [0.2, 0.25) is 0 Å². The van der Waals surface area contributed by atoms with Crippen molar-refractivity contribution in [1.82, 2.24) is 0 Å². The van der Waals surface area contributed by atoms with Crippen molar-refractivity contribution in [3.05, 3.63) is 47.0 Å². The maximum atomic E-state index is 11.9. The van der Waals surface area contributed by atoms with Crippen LogP contribution in [0.25, 0.3) is 0 Å². The molecule has 0 fully saturated rings. The van der Waals surface area contributed by atoms with Crippen LogP contribution in [0.4, 0.5) is 0 Å². The van der Waals surface area contributed by atoms with Crippen LogP contribution in [0, 0.1) is 0 Å². The number of hydrogen-bond donors (Lipinski definition) is 0. The van der Waals surface area contributed by atoms with Crippen LogP contribution in [0.1, 0.15) is 43.2 Å². The van der Waals surface area contributed by atoms with Crippen LogP contribution >= 0.6 is 0 Å². The van der Waals surface area contributed by atoms with Crippen molar-refractivity contribution in [3.63, 3.8) is 0 Å². The Hall–Kier alpha value is -1.90. The van der Waals surface area contributed by atoms with E-state index in [2.05, 4.69) is 22.9 Å². The van der Waals surface area contributed by atoms with Crippen molar-refractivity contribution in [2.24, 2.45) is 0 Å². The number of benzene rings is 1. The Balaban J connectivity index is 2.01. The lowest BCUT2D eigenvalue weighted by atomic mass is 9.90. The van der Waals surface area contributed by atoms with E-state index in [0.29, 0.717) is 19.3 Å². The minimum Gasteiger partial charge on any atom is -0.469 e. The van der Waals surface area contributed by atoms with Gasteiger partial charge in [-0.05, 0) is 42.4 Å². The summed E-state index contributed by atoms with van der Waals surface area (Å²) in [6, 6.07) is 8.18. The van der Waals surface area contributed by atoms with Crippen LogP contribution in [-0.4, -0.2) is 18.9 Å². The summed E-state index contributed by atoms with van der Waals surface area (Å²) in [5.41, 5.74) is 3.37. The highest BCUT2D eigenvalue weighted by Crippen LogP contribution is 2.21. The van der Waals surface area contributed by atoms with Crippen LogP contribution in [0.3, 0.4) is 0 Å². The molecule has 0 unspecified atom stereocenters. The standard InChI is InChI=1S/C18H22O3/c1-21-18(20)12-6-10-14-7-2-3-8-15(14)13-16-9-4-5-11-17(16)19/h2-3,7-9H,4-6,10-13H2,1H3. The average molecular weight is 286 g/mol. The maximum Gasteiger partial charge on any atom is 0.305 e. The first-order valence-electron chi connectivity index (χ1n) is 7.56. The summed E-state index contributed by atoms with van der Waals surface area (Å²) in [5.74, 6) is 0.114. The molecule has 2 rings (SSSR count). The number of ketones is 1. The molecular formula is C18H22O3. The van der Waals surface area contributed by atoms with E-state index in [9.17, 15) is 9.59 Å². The molecule has 0 aromatic heterocycles. The number of methoxy groups -OCH3 is 1. The van der Waals surface area contributed by atoms with Gasteiger partial charge in [-0.25, -0.2) is 0 Å². The highest BCUT2D eigenvalue weighted by molar-refractivity contribution is 5.96. The Bertz CT molecular complexity index is 543. The molecule has 0 radical (unpaired) electrons. The molecule has 3 nitrogen and oxygen atoms in total. The minimum absolute atomic E-state index is 0.169. The lowest BCUT2D eigenvalue weighted by molar-refractivity contribution is -0.140. The largest absolute Gasteiger partial charge is 0.469 e. The summed E-state index contributed by atoms with van der Waals surface area (Å²) in [6.07, 6.45) is 7.51. The number of esters is 1. The zero-order valence-electron chi connectivity index (χ0n) is 12.6. The first kappa shape index (κ1) is 15.5. The number of carbonyl (C=O) groups excluding carboxylic acids is 2. The molecule has 0 bridgehead atoms. The summed E-state index contributed by atoms with van der Waals surface area (Å²) in [4.78, 5) is 23.1. The van der Waals surface area contributed by atoms with Crippen molar-refractivity contribution in [3.8, 4) is 0 Å². The molecule has 1 aliphatic carbocycles. The number of hydrogen-bond acceptors (Lipinski definition) is 3. The Morgan fingerprint density at radius 3 is 2.71 bits per heavy atom. The van der Waals surface area contributed by atoms with Crippen LogP contribution in [0.15, 0.2) is 35.9 Å². The summed E-state index contributed by atoms with van der Waals surface area (Å²) in [6.45, 7) is 0. The van der Waals surface area contributed by atoms with E-state index in [1.54, 1.807) is 0 Å². The zero-order valence-corrected chi connectivity index (χ0v) is 12.6. The maximum absolute atomic E-state index is 11.9. The van der Waals surface area contributed by atoms with Gasteiger partial charge in [0.1, 0.15) is 0 Å². The predicted molar refractivity (Wildman–Crippen MR) is 82.0 cm³/mol. The van der Waals surface area contributed by atoms with Crippen LogP contribution in [0.2, 0.25) is 0 Å². The number of allylic oxidation sites excluding steroid dienone is 2. The molecule has 0 atom stereocenters.